The van der Waals surface area contributed by atoms with Gasteiger partial charge in [0.2, 0.25) is 0 Å². The SMILES string of the molecule is C/C=C\CC1/C(=C\C)C(C=C2CC2)=C(C(=O)O)N1Cc1cccc(C(F)(F)F)c1. The number of alkyl halides is 3. The van der Waals surface area contributed by atoms with Crippen molar-refractivity contribution in [1.82, 2.24) is 4.90 Å². The summed E-state index contributed by atoms with van der Waals surface area (Å²) in [5, 5.41) is 9.95. The van der Waals surface area contributed by atoms with Gasteiger partial charge in [0.15, 0.2) is 0 Å². The topological polar surface area (TPSA) is 40.5 Å². The first-order valence-corrected chi connectivity index (χ1v) is 9.63. The molecule has 1 fully saturated rings. The van der Waals surface area contributed by atoms with Gasteiger partial charge < -0.3 is 10.0 Å². The predicted octanol–water partition coefficient (Wildman–Crippen LogP) is 5.86. The van der Waals surface area contributed by atoms with Gasteiger partial charge in [-0.15, -0.1) is 0 Å². The van der Waals surface area contributed by atoms with Crippen molar-refractivity contribution in [1.29, 1.82) is 0 Å². The zero-order valence-electron chi connectivity index (χ0n) is 16.5. The molecule has 1 aromatic carbocycles. The Kier molecular flexibility index (Phi) is 6.01. The highest BCUT2D eigenvalue weighted by atomic mass is 19.4. The quantitative estimate of drug-likeness (QED) is 0.605. The van der Waals surface area contributed by atoms with Crippen LogP contribution in [0.4, 0.5) is 13.2 Å². The predicted molar refractivity (Wildman–Crippen MR) is 106 cm³/mol. The monoisotopic (exact) mass is 403 g/mol. The lowest BCUT2D eigenvalue weighted by Crippen LogP contribution is -2.33. The molecule has 1 atom stereocenters. The number of carbonyl (C=O) groups is 1. The lowest BCUT2D eigenvalue weighted by molar-refractivity contribution is -0.138. The maximum atomic E-state index is 13.1. The molecule has 6 heteroatoms. The highest BCUT2D eigenvalue weighted by Gasteiger charge is 2.38. The molecule has 3 nitrogen and oxygen atoms in total. The van der Waals surface area contributed by atoms with E-state index in [4.69, 9.17) is 0 Å². The molecule has 3 rings (SSSR count). The summed E-state index contributed by atoms with van der Waals surface area (Å²) in [7, 11) is 0. The zero-order valence-corrected chi connectivity index (χ0v) is 16.5. The normalized spacial score (nSPS) is 20.9. The number of halogens is 3. The van der Waals surface area contributed by atoms with Crippen molar-refractivity contribution in [2.45, 2.75) is 51.9 Å². The number of allylic oxidation sites excluding steroid dienone is 4. The van der Waals surface area contributed by atoms with Crippen molar-refractivity contribution in [2.75, 3.05) is 0 Å². The van der Waals surface area contributed by atoms with Crippen LogP contribution in [0, 0.1) is 0 Å². The minimum atomic E-state index is -4.44. The molecule has 0 aromatic heterocycles. The first kappa shape index (κ1) is 21.0. The summed E-state index contributed by atoms with van der Waals surface area (Å²) < 4.78 is 39.3. The summed E-state index contributed by atoms with van der Waals surface area (Å²) in [5.74, 6) is -1.06. The Morgan fingerprint density at radius 3 is 2.55 bits per heavy atom. The van der Waals surface area contributed by atoms with Crippen LogP contribution in [0.5, 0.6) is 0 Å². The Hall–Kier alpha value is -2.76. The fourth-order valence-corrected chi connectivity index (χ4v) is 3.70. The number of rotatable bonds is 6. The van der Waals surface area contributed by atoms with Crippen LogP contribution >= 0.6 is 0 Å². The highest BCUT2D eigenvalue weighted by molar-refractivity contribution is 5.90. The molecular weight excluding hydrogens is 379 g/mol. The first-order valence-electron chi connectivity index (χ1n) is 9.63. The van der Waals surface area contributed by atoms with E-state index in [-0.39, 0.29) is 18.3 Å². The standard InChI is InChI=1S/C23H24F3NO2/c1-3-5-9-20-18(4-2)19(13-15-10-11-15)21(22(28)29)27(20)14-16-7-6-8-17(12-16)23(24,25)26/h3-8,12-13,20H,9-11,14H2,1-2H3,(H,28,29)/b5-3-,18-4-. The third-order valence-corrected chi connectivity index (χ3v) is 5.19. The second-order valence-electron chi connectivity index (χ2n) is 7.26. The molecule has 1 aromatic rings. The smallest absolute Gasteiger partial charge is 0.416 e. The minimum absolute atomic E-state index is 0.0950. The number of aliphatic carboxylic acids is 1. The third-order valence-electron chi connectivity index (χ3n) is 5.19. The van der Waals surface area contributed by atoms with Gasteiger partial charge in [0, 0.05) is 12.1 Å². The fourth-order valence-electron chi connectivity index (χ4n) is 3.70. The van der Waals surface area contributed by atoms with Gasteiger partial charge in [0.25, 0.3) is 0 Å². The van der Waals surface area contributed by atoms with E-state index in [0.717, 1.165) is 30.5 Å². The molecule has 154 valence electrons. The molecule has 1 saturated carbocycles. The van der Waals surface area contributed by atoms with Crippen molar-refractivity contribution in [2.24, 2.45) is 0 Å². The summed E-state index contributed by atoms with van der Waals surface area (Å²) in [4.78, 5) is 13.9. The molecule has 0 radical (unpaired) electrons. The number of hydrogen-bond donors (Lipinski definition) is 1. The van der Waals surface area contributed by atoms with Crippen LogP contribution in [0.1, 0.15) is 44.2 Å². The van der Waals surface area contributed by atoms with Gasteiger partial charge in [-0.05, 0) is 56.4 Å². The largest absolute Gasteiger partial charge is 0.477 e. The summed E-state index contributed by atoms with van der Waals surface area (Å²) in [6, 6.07) is 4.86. The van der Waals surface area contributed by atoms with Gasteiger partial charge >= 0.3 is 12.1 Å². The van der Waals surface area contributed by atoms with Crippen LogP contribution in [0.15, 0.2) is 71.0 Å². The molecule has 1 unspecified atom stereocenters. The van der Waals surface area contributed by atoms with Crippen molar-refractivity contribution >= 4 is 5.97 Å². The maximum absolute atomic E-state index is 13.1. The average Bonchev–Trinajstić information content (AvgIpc) is 3.42. The van der Waals surface area contributed by atoms with Crippen LogP contribution < -0.4 is 0 Å². The molecule has 0 amide bonds. The molecule has 0 saturated heterocycles. The van der Waals surface area contributed by atoms with Crippen LogP contribution in [-0.2, 0) is 17.5 Å². The zero-order chi connectivity index (χ0) is 21.2. The van der Waals surface area contributed by atoms with Crippen molar-refractivity contribution < 1.29 is 23.1 Å². The van der Waals surface area contributed by atoms with Gasteiger partial charge in [0.1, 0.15) is 5.70 Å². The second-order valence-corrected chi connectivity index (χ2v) is 7.26. The van der Waals surface area contributed by atoms with E-state index in [1.165, 1.54) is 11.6 Å². The molecule has 1 heterocycles. The molecule has 0 spiro atoms. The second kappa shape index (κ2) is 8.31. The molecule has 29 heavy (non-hydrogen) atoms. The van der Waals surface area contributed by atoms with E-state index in [1.54, 1.807) is 11.0 Å². The van der Waals surface area contributed by atoms with E-state index in [9.17, 15) is 23.1 Å². The van der Waals surface area contributed by atoms with Crippen LogP contribution in [0.3, 0.4) is 0 Å². The average molecular weight is 403 g/mol. The number of hydrogen-bond acceptors (Lipinski definition) is 2. The number of nitrogens with zero attached hydrogens (tertiary/aromatic N) is 1. The number of benzene rings is 1. The molecule has 1 N–H and O–H groups in total. The van der Waals surface area contributed by atoms with Crippen molar-refractivity contribution in [3.8, 4) is 0 Å². The Morgan fingerprint density at radius 1 is 1.28 bits per heavy atom. The van der Waals surface area contributed by atoms with E-state index in [1.807, 2.05) is 38.2 Å². The Bertz CT molecular complexity index is 916. The molecule has 0 bridgehead atoms. The van der Waals surface area contributed by atoms with E-state index in [2.05, 4.69) is 0 Å². The van der Waals surface area contributed by atoms with Gasteiger partial charge in [-0.3, -0.25) is 0 Å². The van der Waals surface area contributed by atoms with Gasteiger partial charge in [-0.1, -0.05) is 42.0 Å². The summed E-state index contributed by atoms with van der Waals surface area (Å²) in [6.45, 7) is 3.86. The van der Waals surface area contributed by atoms with Crippen LogP contribution in [0.25, 0.3) is 0 Å². The lowest BCUT2D eigenvalue weighted by atomic mass is 9.98. The summed E-state index contributed by atoms with van der Waals surface area (Å²) in [5.41, 5.74) is 2.64. The molecule has 1 aliphatic heterocycles. The third kappa shape index (κ3) is 4.63. The molecule has 2 aliphatic rings. The Balaban J connectivity index is 2.05. The first-order chi connectivity index (χ1) is 13.8. The molecular formula is C23H24F3NO2. The fraction of sp³-hybridized carbons (Fsp3) is 0.348. The van der Waals surface area contributed by atoms with E-state index < -0.39 is 17.7 Å². The highest BCUT2D eigenvalue weighted by Crippen LogP contribution is 2.41. The Labute approximate surface area is 168 Å². The Morgan fingerprint density at radius 2 is 2.00 bits per heavy atom. The van der Waals surface area contributed by atoms with E-state index in [0.29, 0.717) is 17.6 Å². The summed E-state index contributed by atoms with van der Waals surface area (Å²) in [6.07, 6.45) is 5.77. The van der Waals surface area contributed by atoms with Crippen molar-refractivity contribution in [3.05, 3.63) is 82.1 Å². The summed E-state index contributed by atoms with van der Waals surface area (Å²) >= 11 is 0. The molecule has 1 aliphatic carbocycles. The number of carboxylic acid groups (broad SMARTS) is 1. The van der Waals surface area contributed by atoms with Crippen molar-refractivity contribution in [3.63, 3.8) is 0 Å². The lowest BCUT2D eigenvalue weighted by Gasteiger charge is -2.28. The van der Waals surface area contributed by atoms with Gasteiger partial charge in [-0.2, -0.15) is 13.2 Å². The number of carboxylic acids is 1. The van der Waals surface area contributed by atoms with Crippen LogP contribution in [0.2, 0.25) is 0 Å². The minimum Gasteiger partial charge on any atom is -0.477 e. The van der Waals surface area contributed by atoms with Gasteiger partial charge in [0.05, 0.1) is 11.6 Å². The maximum Gasteiger partial charge on any atom is 0.416 e. The van der Waals surface area contributed by atoms with Gasteiger partial charge in [-0.25, -0.2) is 4.79 Å². The van der Waals surface area contributed by atoms with E-state index >= 15 is 0 Å². The van der Waals surface area contributed by atoms with Crippen LogP contribution in [-0.4, -0.2) is 22.0 Å².